The van der Waals surface area contributed by atoms with E-state index >= 15 is 0 Å². The summed E-state index contributed by atoms with van der Waals surface area (Å²) in [7, 11) is 0. The molecular formula is C17H13F17O4. The van der Waals surface area contributed by atoms with Gasteiger partial charge < -0.3 is 9.84 Å². The topological polar surface area (TPSA) is 63.6 Å². The van der Waals surface area contributed by atoms with Crippen molar-refractivity contribution >= 4 is 11.9 Å². The summed E-state index contributed by atoms with van der Waals surface area (Å²) in [6, 6.07) is 0. The van der Waals surface area contributed by atoms with E-state index in [1.807, 2.05) is 0 Å². The number of carbonyl (C=O) groups is 2. The number of halogens is 17. The third-order valence-electron chi connectivity index (χ3n) is 5.12. The van der Waals surface area contributed by atoms with Gasteiger partial charge in [0.25, 0.3) is 0 Å². The lowest BCUT2D eigenvalue weighted by atomic mass is 9.78. The molecule has 0 heterocycles. The molecule has 0 saturated heterocycles. The molecule has 4 nitrogen and oxygen atoms in total. The van der Waals surface area contributed by atoms with Crippen molar-refractivity contribution in [1.29, 1.82) is 0 Å². The van der Waals surface area contributed by atoms with E-state index < -0.39 is 78.0 Å². The number of carbonyl (C=O) groups excluding carboxylic acids is 1. The van der Waals surface area contributed by atoms with Gasteiger partial charge in [-0.25, -0.2) is 9.59 Å². The van der Waals surface area contributed by atoms with Gasteiger partial charge in [0.1, 0.15) is 0 Å². The first-order valence-corrected chi connectivity index (χ1v) is 9.11. The summed E-state index contributed by atoms with van der Waals surface area (Å²) in [5, 5.41) is 8.30. The van der Waals surface area contributed by atoms with Crippen LogP contribution in [0.5, 0.6) is 0 Å². The predicted octanol–water partition coefficient (Wildman–Crippen LogP) is 6.59. The van der Waals surface area contributed by atoms with Gasteiger partial charge in [-0.1, -0.05) is 13.8 Å². The van der Waals surface area contributed by atoms with Crippen LogP contribution in [0.1, 0.15) is 20.8 Å². The Morgan fingerprint density at radius 3 is 1.13 bits per heavy atom. The van der Waals surface area contributed by atoms with Crippen molar-refractivity contribution in [3.8, 4) is 0 Å². The third kappa shape index (κ3) is 4.84. The number of hydrogen-bond acceptors (Lipinski definition) is 3. The first-order valence-electron chi connectivity index (χ1n) is 9.11. The summed E-state index contributed by atoms with van der Waals surface area (Å²) in [6.07, 6.45) is -8.38. The van der Waals surface area contributed by atoms with Crippen LogP contribution in [-0.2, 0) is 14.3 Å². The molecule has 0 fully saturated rings. The minimum absolute atomic E-state index is 0.203. The molecule has 1 N–H and O–H groups in total. The molecule has 0 aliphatic heterocycles. The summed E-state index contributed by atoms with van der Waals surface area (Å²) in [6.45, 7) is 0.263. The van der Waals surface area contributed by atoms with E-state index in [0.717, 1.165) is 0 Å². The molecular weight excluding hydrogens is 591 g/mol. The van der Waals surface area contributed by atoms with Crippen molar-refractivity contribution < 1.29 is 94.1 Å². The molecule has 0 aromatic heterocycles. The monoisotopic (exact) mass is 604 g/mol. The normalized spacial score (nSPS) is 17.1. The molecule has 0 radical (unpaired) electrons. The molecule has 1 atom stereocenters. The van der Waals surface area contributed by atoms with Gasteiger partial charge in [0.2, 0.25) is 0 Å². The smallest absolute Gasteiger partial charge is 0.460 e. The minimum atomic E-state index is -8.79. The first kappa shape index (κ1) is 35.5. The molecule has 0 aromatic carbocycles. The number of esters is 1. The van der Waals surface area contributed by atoms with Crippen LogP contribution in [0.2, 0.25) is 0 Å². The maximum Gasteiger partial charge on any atom is 0.460 e. The second-order valence-electron chi connectivity index (χ2n) is 7.87. The highest BCUT2D eigenvalue weighted by Gasteiger charge is 2.96. The number of ether oxygens (including phenoxy) is 1. The van der Waals surface area contributed by atoms with Gasteiger partial charge in [0.15, 0.2) is 5.60 Å². The summed E-state index contributed by atoms with van der Waals surface area (Å²) in [5.41, 5.74) is -4.51. The summed E-state index contributed by atoms with van der Waals surface area (Å²) in [4.78, 5) is 21.8. The molecule has 0 spiro atoms. The number of alkyl halides is 17. The lowest BCUT2D eigenvalue weighted by molar-refractivity contribution is -0.467. The summed E-state index contributed by atoms with van der Waals surface area (Å²) < 4.78 is 233. The Kier molecular flexibility index (Phi) is 8.96. The number of rotatable bonds is 11. The second kappa shape index (κ2) is 9.60. The van der Waals surface area contributed by atoms with Gasteiger partial charge in [-0.15, -0.1) is 0 Å². The zero-order valence-corrected chi connectivity index (χ0v) is 18.3. The molecule has 0 bridgehead atoms. The predicted molar refractivity (Wildman–Crippen MR) is 86.8 cm³/mol. The van der Waals surface area contributed by atoms with Crippen LogP contribution in [-0.4, -0.2) is 70.3 Å². The molecule has 21 heteroatoms. The SMILES string of the molecule is CC(C)C(C)(OC(=O)C=CC(=O)O)C(F)(F)C(F)(F)C(F)(F)C(F)(F)C(F)(F)C(F)(F)C(F)(F)C(F)(F)F. The van der Waals surface area contributed by atoms with Gasteiger partial charge in [-0.3, -0.25) is 0 Å². The van der Waals surface area contributed by atoms with Gasteiger partial charge in [0, 0.05) is 12.2 Å². The second-order valence-corrected chi connectivity index (χ2v) is 7.87. The molecule has 224 valence electrons. The minimum Gasteiger partial charge on any atom is -0.478 e. The van der Waals surface area contributed by atoms with E-state index in [0.29, 0.717) is 13.8 Å². The highest BCUT2D eigenvalue weighted by Crippen LogP contribution is 2.65. The molecule has 0 aromatic rings. The average Bonchev–Trinajstić information content (AvgIpc) is 2.69. The van der Waals surface area contributed by atoms with E-state index in [9.17, 15) is 84.2 Å². The van der Waals surface area contributed by atoms with Crippen LogP contribution < -0.4 is 0 Å². The quantitative estimate of drug-likeness (QED) is 0.164. The van der Waals surface area contributed by atoms with Crippen LogP contribution in [0.15, 0.2) is 12.2 Å². The van der Waals surface area contributed by atoms with Gasteiger partial charge in [-0.05, 0) is 12.8 Å². The molecule has 0 saturated carbocycles. The molecule has 1 unspecified atom stereocenters. The Balaban J connectivity index is 7.08. The lowest BCUT2D eigenvalue weighted by Gasteiger charge is -2.47. The van der Waals surface area contributed by atoms with Gasteiger partial charge in [0.05, 0.1) is 0 Å². The Bertz CT molecular complexity index is 935. The fourth-order valence-corrected chi connectivity index (χ4v) is 2.40. The standard InChI is InChI=1S/C17H13F17O4/c1-6(2)9(3,38-8(37)5-4-7(35)36)10(18,19)11(20,21)12(22,23)13(24,25)14(26,27)15(28,29)16(30,31)17(32,33)34/h4-6H,1-3H3,(H,35,36). The molecule has 0 amide bonds. The third-order valence-corrected chi connectivity index (χ3v) is 5.12. The highest BCUT2D eigenvalue weighted by atomic mass is 19.4. The van der Waals surface area contributed by atoms with Gasteiger partial charge >= 0.3 is 59.6 Å². The van der Waals surface area contributed by atoms with E-state index in [1.54, 1.807) is 0 Å². The number of carboxylic acids is 1. The fourth-order valence-electron chi connectivity index (χ4n) is 2.40. The van der Waals surface area contributed by atoms with Crippen LogP contribution in [0.25, 0.3) is 0 Å². The molecule has 38 heavy (non-hydrogen) atoms. The maximum absolute atomic E-state index is 14.7. The Labute approximate surface area is 199 Å². The van der Waals surface area contributed by atoms with Crippen LogP contribution in [0.4, 0.5) is 74.6 Å². The Hall–Kier alpha value is -2.51. The molecule has 0 aliphatic rings. The number of aliphatic carboxylic acids is 1. The average molecular weight is 604 g/mol. The number of carboxylic acid groups (broad SMARTS) is 1. The van der Waals surface area contributed by atoms with E-state index in [4.69, 9.17) is 5.11 Å². The highest BCUT2D eigenvalue weighted by molar-refractivity contribution is 5.91. The van der Waals surface area contributed by atoms with E-state index in [2.05, 4.69) is 4.74 Å². The molecule has 0 aliphatic carbocycles. The zero-order chi connectivity index (χ0) is 31.4. The maximum atomic E-state index is 14.7. The Morgan fingerprint density at radius 1 is 0.579 bits per heavy atom. The largest absolute Gasteiger partial charge is 0.478 e. The van der Waals surface area contributed by atoms with Crippen LogP contribution >= 0.6 is 0 Å². The van der Waals surface area contributed by atoms with Gasteiger partial charge in [-0.2, -0.15) is 74.6 Å². The van der Waals surface area contributed by atoms with E-state index in [-0.39, 0.29) is 12.2 Å². The van der Waals surface area contributed by atoms with Crippen molar-refractivity contribution in [3.05, 3.63) is 12.2 Å². The summed E-state index contributed by atoms with van der Waals surface area (Å²) in [5.74, 6) is -65.0. The van der Waals surface area contributed by atoms with Crippen molar-refractivity contribution in [2.75, 3.05) is 0 Å². The summed E-state index contributed by atoms with van der Waals surface area (Å²) >= 11 is 0. The molecule has 0 rings (SSSR count). The van der Waals surface area contributed by atoms with Crippen LogP contribution in [0.3, 0.4) is 0 Å². The Morgan fingerprint density at radius 2 is 0.868 bits per heavy atom. The number of hydrogen-bond donors (Lipinski definition) is 1. The van der Waals surface area contributed by atoms with E-state index in [1.165, 1.54) is 0 Å². The van der Waals surface area contributed by atoms with Crippen molar-refractivity contribution in [3.63, 3.8) is 0 Å². The van der Waals surface area contributed by atoms with Crippen molar-refractivity contribution in [2.45, 2.75) is 74.0 Å². The van der Waals surface area contributed by atoms with Crippen LogP contribution in [0, 0.1) is 5.92 Å². The zero-order valence-electron chi connectivity index (χ0n) is 18.3. The lowest BCUT2D eigenvalue weighted by Crippen LogP contribution is -2.76. The fraction of sp³-hybridized carbons (Fsp3) is 0.765. The van der Waals surface area contributed by atoms with Crippen molar-refractivity contribution in [2.24, 2.45) is 5.92 Å². The first-order chi connectivity index (χ1) is 16.3. The van der Waals surface area contributed by atoms with Crippen molar-refractivity contribution in [1.82, 2.24) is 0 Å².